The molecule has 1 aliphatic heterocycles. The molecule has 2 rings (SSSR count). The molecule has 0 fully saturated rings. The summed E-state index contributed by atoms with van der Waals surface area (Å²) in [4.78, 5) is 13.3. The van der Waals surface area contributed by atoms with Crippen molar-refractivity contribution >= 4 is 21.6 Å². The summed E-state index contributed by atoms with van der Waals surface area (Å²) in [5.41, 5.74) is 0. The third-order valence-electron chi connectivity index (χ3n) is 2.81. The molecule has 0 aliphatic carbocycles. The van der Waals surface area contributed by atoms with Crippen LogP contribution in [0.15, 0.2) is 30.5 Å². The summed E-state index contributed by atoms with van der Waals surface area (Å²) in [5, 5.41) is 2.86. The highest BCUT2D eigenvalue weighted by molar-refractivity contribution is 8.78. The van der Waals surface area contributed by atoms with E-state index in [2.05, 4.69) is 45.2 Å². The lowest BCUT2D eigenvalue weighted by Crippen LogP contribution is -2.32. The third kappa shape index (κ3) is 7.87. The van der Waals surface area contributed by atoms with Gasteiger partial charge in [-0.25, -0.2) is 15.0 Å². The van der Waals surface area contributed by atoms with E-state index < -0.39 is 0 Å². The number of nitrogens with zero attached hydrogens (tertiary/aromatic N) is 4. The molecular weight excluding hydrogens is 288 g/mol. The van der Waals surface area contributed by atoms with Crippen LogP contribution >= 0.6 is 21.6 Å². The van der Waals surface area contributed by atoms with Crippen LogP contribution in [0.3, 0.4) is 0 Å². The van der Waals surface area contributed by atoms with Crippen molar-refractivity contribution in [1.82, 2.24) is 19.9 Å². The van der Waals surface area contributed by atoms with Crippen LogP contribution in [0.5, 0.6) is 0 Å². The Morgan fingerprint density at radius 1 is 0.950 bits per heavy atom. The molecule has 2 heterocycles. The second kappa shape index (κ2) is 12.2. The first-order valence-corrected chi connectivity index (χ1v) is 9.43. The van der Waals surface area contributed by atoms with Crippen molar-refractivity contribution in [2.24, 2.45) is 0 Å². The van der Waals surface area contributed by atoms with Gasteiger partial charge in [0.25, 0.3) is 0 Å². The Morgan fingerprint density at radius 3 is 1.85 bits per heavy atom. The summed E-state index contributed by atoms with van der Waals surface area (Å²) in [6, 6.07) is 0. The zero-order valence-corrected chi connectivity index (χ0v) is 13.9. The predicted octanol–water partition coefficient (Wildman–Crippen LogP) is 4.00. The molecule has 1 unspecified atom stereocenters. The first kappa shape index (κ1) is 17.5. The number of unbranched alkanes of at least 4 members (excludes halogenated alkanes) is 2. The van der Waals surface area contributed by atoms with E-state index in [0.717, 1.165) is 0 Å². The first-order chi connectivity index (χ1) is 9.88. The second-order valence-corrected chi connectivity index (χ2v) is 6.74. The van der Waals surface area contributed by atoms with Crippen molar-refractivity contribution in [3.63, 3.8) is 0 Å². The Labute approximate surface area is 130 Å². The van der Waals surface area contributed by atoms with Gasteiger partial charge in [-0.2, -0.15) is 0 Å². The molecule has 0 radical (unpaired) electrons. The SMILES string of the molecule is CCCCN(CCCC)C1C=CSS1.c1ncncn1. The fourth-order valence-electron chi connectivity index (χ4n) is 1.70. The molecule has 0 N–H and O–H groups in total. The van der Waals surface area contributed by atoms with E-state index in [1.165, 1.54) is 57.8 Å². The van der Waals surface area contributed by atoms with Gasteiger partial charge in [0.05, 0.1) is 5.37 Å². The van der Waals surface area contributed by atoms with Gasteiger partial charge in [-0.15, -0.1) is 0 Å². The van der Waals surface area contributed by atoms with E-state index in [9.17, 15) is 0 Å². The van der Waals surface area contributed by atoms with E-state index in [-0.39, 0.29) is 0 Å². The van der Waals surface area contributed by atoms with Crippen LogP contribution in [0.25, 0.3) is 0 Å². The number of aromatic nitrogens is 3. The van der Waals surface area contributed by atoms with Crippen LogP contribution in [0.1, 0.15) is 39.5 Å². The van der Waals surface area contributed by atoms with Gasteiger partial charge in [-0.1, -0.05) is 48.3 Å². The maximum Gasteiger partial charge on any atom is 0.119 e. The quantitative estimate of drug-likeness (QED) is 0.709. The number of hydrogen-bond acceptors (Lipinski definition) is 6. The van der Waals surface area contributed by atoms with Crippen molar-refractivity contribution in [2.45, 2.75) is 44.9 Å². The van der Waals surface area contributed by atoms with Crippen LogP contribution < -0.4 is 0 Å². The Bertz CT molecular complexity index is 314. The highest BCUT2D eigenvalue weighted by Gasteiger charge is 2.18. The zero-order chi connectivity index (χ0) is 14.5. The van der Waals surface area contributed by atoms with Crippen LogP contribution in [0.4, 0.5) is 0 Å². The highest BCUT2D eigenvalue weighted by Crippen LogP contribution is 2.37. The molecule has 1 atom stereocenters. The summed E-state index contributed by atoms with van der Waals surface area (Å²) in [6.07, 6.45) is 11.9. The first-order valence-electron chi connectivity index (χ1n) is 7.16. The van der Waals surface area contributed by atoms with Crippen molar-refractivity contribution in [3.05, 3.63) is 30.5 Å². The lowest BCUT2D eigenvalue weighted by Gasteiger charge is -2.26. The van der Waals surface area contributed by atoms with Crippen molar-refractivity contribution in [3.8, 4) is 0 Å². The van der Waals surface area contributed by atoms with Crippen LogP contribution in [-0.2, 0) is 0 Å². The minimum atomic E-state index is 0.637. The molecule has 112 valence electrons. The molecule has 0 spiro atoms. The van der Waals surface area contributed by atoms with Gasteiger partial charge < -0.3 is 0 Å². The van der Waals surface area contributed by atoms with Crippen LogP contribution in [0.2, 0.25) is 0 Å². The fraction of sp³-hybridized carbons (Fsp3) is 0.643. The van der Waals surface area contributed by atoms with E-state index in [0.29, 0.717) is 5.37 Å². The minimum Gasteiger partial charge on any atom is -0.288 e. The monoisotopic (exact) mass is 312 g/mol. The van der Waals surface area contributed by atoms with E-state index in [4.69, 9.17) is 0 Å². The van der Waals surface area contributed by atoms with Gasteiger partial charge in [0.2, 0.25) is 0 Å². The zero-order valence-electron chi connectivity index (χ0n) is 12.3. The predicted molar refractivity (Wildman–Crippen MR) is 89.3 cm³/mol. The molecule has 6 heteroatoms. The molecular formula is C14H24N4S2. The Kier molecular flexibility index (Phi) is 10.6. The molecule has 0 aromatic carbocycles. The van der Waals surface area contributed by atoms with E-state index >= 15 is 0 Å². The molecule has 0 saturated heterocycles. The molecule has 0 saturated carbocycles. The molecule has 4 nitrogen and oxygen atoms in total. The summed E-state index contributed by atoms with van der Waals surface area (Å²) in [7, 11) is 3.85. The average molecular weight is 313 g/mol. The molecule has 0 bridgehead atoms. The summed E-state index contributed by atoms with van der Waals surface area (Å²) < 4.78 is 0. The van der Waals surface area contributed by atoms with Gasteiger partial charge in [0.1, 0.15) is 19.0 Å². The van der Waals surface area contributed by atoms with Gasteiger partial charge in [0.15, 0.2) is 0 Å². The standard InChI is InChI=1S/C11H21NS2.C3H3N3/c1-3-5-8-12(9-6-4-2)11-7-10-13-14-11;1-4-2-6-3-5-1/h7,10-11H,3-6,8-9H2,1-2H3;1-3H. The topological polar surface area (TPSA) is 41.9 Å². The summed E-state index contributed by atoms with van der Waals surface area (Å²) >= 11 is 0. The van der Waals surface area contributed by atoms with Crippen LogP contribution in [-0.4, -0.2) is 38.3 Å². The lowest BCUT2D eigenvalue weighted by molar-refractivity contribution is 0.275. The highest BCUT2D eigenvalue weighted by atomic mass is 33.1. The van der Waals surface area contributed by atoms with E-state index in [1.54, 1.807) is 0 Å². The Hall–Kier alpha value is -0.590. The van der Waals surface area contributed by atoms with Gasteiger partial charge in [-0.3, -0.25) is 4.90 Å². The fourth-order valence-corrected chi connectivity index (χ4v) is 3.95. The lowest BCUT2D eigenvalue weighted by atomic mass is 10.2. The van der Waals surface area contributed by atoms with Crippen LogP contribution in [0, 0.1) is 0 Å². The maximum atomic E-state index is 3.56. The van der Waals surface area contributed by atoms with Gasteiger partial charge in [-0.05, 0) is 37.4 Å². The van der Waals surface area contributed by atoms with Crippen molar-refractivity contribution < 1.29 is 0 Å². The molecule has 1 aromatic rings. The normalized spacial score (nSPS) is 17.1. The van der Waals surface area contributed by atoms with Crippen molar-refractivity contribution in [2.75, 3.05) is 13.1 Å². The number of rotatable bonds is 7. The third-order valence-corrected chi connectivity index (χ3v) is 5.10. The molecule has 20 heavy (non-hydrogen) atoms. The Morgan fingerprint density at radius 2 is 1.50 bits per heavy atom. The largest absolute Gasteiger partial charge is 0.288 e. The van der Waals surface area contributed by atoms with Gasteiger partial charge in [0, 0.05) is 0 Å². The molecule has 1 aliphatic rings. The number of hydrogen-bond donors (Lipinski definition) is 0. The molecule has 1 aromatic heterocycles. The smallest absolute Gasteiger partial charge is 0.119 e. The average Bonchev–Trinajstić information content (AvgIpc) is 3.04. The van der Waals surface area contributed by atoms with Gasteiger partial charge >= 0.3 is 0 Å². The summed E-state index contributed by atoms with van der Waals surface area (Å²) in [5.74, 6) is 0. The minimum absolute atomic E-state index is 0.637. The molecule has 0 amide bonds. The van der Waals surface area contributed by atoms with E-state index in [1.807, 2.05) is 21.6 Å². The maximum absolute atomic E-state index is 3.56. The summed E-state index contributed by atoms with van der Waals surface area (Å²) in [6.45, 7) is 7.06. The second-order valence-electron chi connectivity index (χ2n) is 4.45. The Balaban J connectivity index is 0.000000276. The van der Waals surface area contributed by atoms with Crippen molar-refractivity contribution in [1.29, 1.82) is 0 Å².